The van der Waals surface area contributed by atoms with E-state index in [1.807, 2.05) is 0 Å². The predicted octanol–water partition coefficient (Wildman–Crippen LogP) is 1.50. The van der Waals surface area contributed by atoms with Crippen LogP contribution in [0.15, 0.2) is 18.2 Å². The van der Waals surface area contributed by atoms with Crippen molar-refractivity contribution in [3.8, 4) is 5.75 Å². The van der Waals surface area contributed by atoms with E-state index in [1.54, 1.807) is 0 Å². The molecule has 1 fully saturated rings. The van der Waals surface area contributed by atoms with E-state index < -0.39 is 23.7 Å². The molecule has 0 bridgehead atoms. The van der Waals surface area contributed by atoms with Gasteiger partial charge in [0.2, 0.25) is 5.91 Å². The second kappa shape index (κ2) is 7.22. The summed E-state index contributed by atoms with van der Waals surface area (Å²) in [6, 6.07) is 2.49. The van der Waals surface area contributed by atoms with Crippen LogP contribution in [-0.4, -0.2) is 37.3 Å². The summed E-state index contributed by atoms with van der Waals surface area (Å²) in [6.07, 6.45) is 1.40. The van der Waals surface area contributed by atoms with E-state index in [4.69, 9.17) is 9.47 Å². The molecule has 0 radical (unpaired) electrons. The molecule has 0 aliphatic carbocycles. The SMILES string of the molecule is COc1ccc([C@@H](NC(=O)[C@@H]2CCCOC2)C(=O)O)cc1F. The zero-order valence-corrected chi connectivity index (χ0v) is 12.2. The van der Waals surface area contributed by atoms with Crippen LogP contribution in [0, 0.1) is 11.7 Å². The number of carbonyl (C=O) groups excluding carboxylic acids is 1. The Balaban J connectivity index is 2.14. The zero-order chi connectivity index (χ0) is 16.1. The third-order valence-electron chi connectivity index (χ3n) is 3.57. The minimum atomic E-state index is -1.31. The van der Waals surface area contributed by atoms with Crippen LogP contribution < -0.4 is 10.1 Å². The largest absolute Gasteiger partial charge is 0.494 e. The Morgan fingerprint density at radius 3 is 2.82 bits per heavy atom. The number of hydrogen-bond acceptors (Lipinski definition) is 4. The first kappa shape index (κ1) is 16.2. The number of hydrogen-bond donors (Lipinski definition) is 2. The molecule has 0 aromatic heterocycles. The first-order valence-electron chi connectivity index (χ1n) is 6.97. The number of carbonyl (C=O) groups is 2. The summed E-state index contributed by atoms with van der Waals surface area (Å²) in [7, 11) is 1.32. The first-order valence-corrected chi connectivity index (χ1v) is 6.97. The van der Waals surface area contributed by atoms with Gasteiger partial charge >= 0.3 is 5.97 Å². The zero-order valence-electron chi connectivity index (χ0n) is 12.2. The standard InChI is InChI=1S/C15H18FNO5/c1-21-12-5-4-9(7-11(12)16)13(15(19)20)17-14(18)10-3-2-6-22-8-10/h4-5,7,10,13H,2-3,6,8H2,1H3,(H,17,18)(H,19,20)/t10-,13-/m1/s1. The van der Waals surface area contributed by atoms with Crippen LogP contribution in [0.25, 0.3) is 0 Å². The lowest BCUT2D eigenvalue weighted by Gasteiger charge is -2.23. The fraction of sp³-hybridized carbons (Fsp3) is 0.467. The lowest BCUT2D eigenvalue weighted by Crippen LogP contribution is -2.40. The van der Waals surface area contributed by atoms with Gasteiger partial charge in [0.15, 0.2) is 17.6 Å². The summed E-state index contributed by atoms with van der Waals surface area (Å²) >= 11 is 0. The van der Waals surface area contributed by atoms with E-state index in [9.17, 15) is 19.1 Å². The third kappa shape index (κ3) is 3.73. The second-order valence-corrected chi connectivity index (χ2v) is 5.09. The average Bonchev–Trinajstić information content (AvgIpc) is 2.52. The van der Waals surface area contributed by atoms with Gasteiger partial charge in [0, 0.05) is 6.61 Å². The minimum Gasteiger partial charge on any atom is -0.494 e. The van der Waals surface area contributed by atoms with Crippen molar-refractivity contribution in [3.05, 3.63) is 29.6 Å². The summed E-state index contributed by atoms with van der Waals surface area (Å²) in [6.45, 7) is 0.880. The van der Waals surface area contributed by atoms with E-state index >= 15 is 0 Å². The average molecular weight is 311 g/mol. The molecular formula is C15H18FNO5. The van der Waals surface area contributed by atoms with E-state index in [-0.39, 0.29) is 23.8 Å². The molecule has 0 unspecified atom stereocenters. The molecule has 1 aliphatic rings. The maximum absolute atomic E-state index is 13.7. The van der Waals surface area contributed by atoms with Crippen molar-refractivity contribution < 1.29 is 28.6 Å². The van der Waals surface area contributed by atoms with Gasteiger partial charge in [-0.15, -0.1) is 0 Å². The van der Waals surface area contributed by atoms with Crippen LogP contribution in [0.3, 0.4) is 0 Å². The van der Waals surface area contributed by atoms with Crippen molar-refractivity contribution >= 4 is 11.9 Å². The molecule has 1 aromatic rings. The number of halogens is 1. The Labute approximate surface area is 127 Å². The molecule has 0 spiro atoms. The molecule has 1 saturated heterocycles. The number of benzene rings is 1. The summed E-state index contributed by atoms with van der Waals surface area (Å²) in [4.78, 5) is 23.5. The molecule has 0 saturated carbocycles. The lowest BCUT2D eigenvalue weighted by molar-refractivity contribution is -0.143. The molecule has 1 aromatic carbocycles. The van der Waals surface area contributed by atoms with Crippen molar-refractivity contribution in [2.75, 3.05) is 20.3 Å². The number of rotatable bonds is 5. The van der Waals surface area contributed by atoms with Crippen molar-refractivity contribution in [2.45, 2.75) is 18.9 Å². The molecule has 120 valence electrons. The fourth-order valence-corrected chi connectivity index (χ4v) is 2.36. The predicted molar refractivity (Wildman–Crippen MR) is 75.0 cm³/mol. The number of carboxylic acids is 1. The number of amides is 1. The van der Waals surface area contributed by atoms with E-state index in [2.05, 4.69) is 5.32 Å². The highest BCUT2D eigenvalue weighted by atomic mass is 19.1. The van der Waals surface area contributed by atoms with E-state index in [1.165, 1.54) is 19.2 Å². The monoisotopic (exact) mass is 311 g/mol. The number of ether oxygens (including phenoxy) is 2. The van der Waals surface area contributed by atoms with Gasteiger partial charge in [-0.2, -0.15) is 0 Å². The van der Waals surface area contributed by atoms with Crippen molar-refractivity contribution in [3.63, 3.8) is 0 Å². The van der Waals surface area contributed by atoms with Crippen LogP contribution in [-0.2, 0) is 14.3 Å². The van der Waals surface area contributed by atoms with Gasteiger partial charge in [0.05, 0.1) is 19.6 Å². The third-order valence-corrected chi connectivity index (χ3v) is 3.57. The highest BCUT2D eigenvalue weighted by molar-refractivity contribution is 5.86. The molecule has 1 aliphatic heterocycles. The van der Waals surface area contributed by atoms with Gasteiger partial charge in [-0.3, -0.25) is 4.79 Å². The quantitative estimate of drug-likeness (QED) is 0.861. The molecule has 2 rings (SSSR count). The maximum atomic E-state index is 13.7. The van der Waals surface area contributed by atoms with Gasteiger partial charge in [-0.1, -0.05) is 6.07 Å². The summed E-state index contributed by atoms with van der Waals surface area (Å²) in [5.41, 5.74) is 0.149. The Kier molecular flexibility index (Phi) is 5.32. The molecule has 7 heteroatoms. The van der Waals surface area contributed by atoms with Crippen LogP contribution in [0.2, 0.25) is 0 Å². The number of methoxy groups -OCH3 is 1. The van der Waals surface area contributed by atoms with Gasteiger partial charge in [-0.25, -0.2) is 9.18 Å². The normalized spacial score (nSPS) is 19.3. The van der Waals surface area contributed by atoms with Gasteiger partial charge < -0.3 is 19.9 Å². The molecule has 22 heavy (non-hydrogen) atoms. The number of nitrogens with one attached hydrogen (secondary N) is 1. The van der Waals surface area contributed by atoms with E-state index in [0.717, 1.165) is 12.5 Å². The Hall–Kier alpha value is -2.15. The van der Waals surface area contributed by atoms with Crippen LogP contribution in [0.5, 0.6) is 5.75 Å². The molecule has 2 N–H and O–H groups in total. The van der Waals surface area contributed by atoms with Crippen LogP contribution >= 0.6 is 0 Å². The number of aliphatic carboxylic acids is 1. The molecule has 2 atom stereocenters. The summed E-state index contributed by atoms with van der Waals surface area (Å²) in [5.74, 6) is -2.70. The van der Waals surface area contributed by atoms with Crippen molar-refractivity contribution in [1.82, 2.24) is 5.32 Å². The smallest absolute Gasteiger partial charge is 0.330 e. The fourth-order valence-electron chi connectivity index (χ4n) is 2.36. The minimum absolute atomic E-state index is 0.0138. The maximum Gasteiger partial charge on any atom is 0.330 e. The lowest BCUT2D eigenvalue weighted by atomic mass is 9.99. The van der Waals surface area contributed by atoms with Gasteiger partial charge in [-0.05, 0) is 30.5 Å². The molecule has 6 nitrogen and oxygen atoms in total. The molecule has 1 heterocycles. The highest BCUT2D eigenvalue weighted by Crippen LogP contribution is 2.23. The highest BCUT2D eigenvalue weighted by Gasteiger charge is 2.28. The van der Waals surface area contributed by atoms with Crippen LogP contribution in [0.1, 0.15) is 24.4 Å². The van der Waals surface area contributed by atoms with Gasteiger partial charge in [0.1, 0.15) is 0 Å². The molecule has 1 amide bonds. The first-order chi connectivity index (χ1) is 10.5. The topological polar surface area (TPSA) is 84.9 Å². The Morgan fingerprint density at radius 2 is 2.27 bits per heavy atom. The van der Waals surface area contributed by atoms with Gasteiger partial charge in [0.25, 0.3) is 0 Å². The van der Waals surface area contributed by atoms with Crippen molar-refractivity contribution in [1.29, 1.82) is 0 Å². The summed E-state index contributed by atoms with van der Waals surface area (Å²) in [5, 5.41) is 11.7. The number of carboxylic acid groups (broad SMARTS) is 1. The van der Waals surface area contributed by atoms with E-state index in [0.29, 0.717) is 13.0 Å². The van der Waals surface area contributed by atoms with Crippen molar-refractivity contribution in [2.24, 2.45) is 5.92 Å². The Morgan fingerprint density at radius 1 is 1.50 bits per heavy atom. The Bertz CT molecular complexity index is 557. The van der Waals surface area contributed by atoms with Crippen LogP contribution in [0.4, 0.5) is 4.39 Å². The summed E-state index contributed by atoms with van der Waals surface area (Å²) < 4.78 is 23.7. The molecular weight excluding hydrogens is 293 g/mol. The second-order valence-electron chi connectivity index (χ2n) is 5.09.